The van der Waals surface area contributed by atoms with Crippen molar-refractivity contribution in [2.75, 3.05) is 24.6 Å². The zero-order valence-electron chi connectivity index (χ0n) is 10.7. The molecule has 1 aromatic rings. The highest BCUT2D eigenvalue weighted by Crippen LogP contribution is 2.19. The molecule has 2 rings (SSSR count). The van der Waals surface area contributed by atoms with Crippen LogP contribution in [0.25, 0.3) is 0 Å². The van der Waals surface area contributed by atoms with Gasteiger partial charge in [-0.05, 0) is 13.3 Å². The molecule has 1 fully saturated rings. The number of aliphatic hydroxyl groups excluding tert-OH is 1. The molecule has 0 saturated carbocycles. The summed E-state index contributed by atoms with van der Waals surface area (Å²) in [7, 11) is 0. The fourth-order valence-corrected chi connectivity index (χ4v) is 2.24. The first-order valence-corrected chi connectivity index (χ1v) is 6.27. The van der Waals surface area contributed by atoms with Gasteiger partial charge < -0.3 is 19.7 Å². The number of nitrogens with zero attached hydrogens (tertiary/aromatic N) is 3. The third-order valence-electron chi connectivity index (χ3n) is 3.36. The molecule has 2 N–H and O–H groups in total. The Morgan fingerprint density at radius 1 is 1.58 bits per heavy atom. The van der Waals surface area contributed by atoms with Crippen molar-refractivity contribution in [2.24, 2.45) is 5.92 Å². The zero-order valence-corrected chi connectivity index (χ0v) is 10.7. The number of anilines is 1. The monoisotopic (exact) mass is 267 g/mol. The molecule has 1 aliphatic heterocycles. The average Bonchev–Trinajstić information content (AvgIpc) is 2.87. The van der Waals surface area contributed by atoms with Gasteiger partial charge in [-0.25, -0.2) is 9.78 Å². The van der Waals surface area contributed by atoms with E-state index in [4.69, 9.17) is 10.2 Å². The van der Waals surface area contributed by atoms with E-state index in [-0.39, 0.29) is 29.6 Å². The predicted molar refractivity (Wildman–Crippen MR) is 68.5 cm³/mol. The summed E-state index contributed by atoms with van der Waals surface area (Å²) in [5.74, 6) is -0.871. The predicted octanol–water partition coefficient (Wildman–Crippen LogP) is -0.220. The van der Waals surface area contributed by atoms with E-state index in [0.717, 1.165) is 6.42 Å². The normalized spacial score (nSPS) is 18.8. The molecule has 2 heterocycles. The lowest BCUT2D eigenvalue weighted by molar-refractivity contribution is 0.0689. The molecule has 1 atom stereocenters. The molecular weight excluding hydrogens is 250 g/mol. The number of hydrogen-bond acceptors (Lipinski definition) is 5. The third kappa shape index (κ3) is 2.60. The Kier molecular flexibility index (Phi) is 3.84. The van der Waals surface area contributed by atoms with Gasteiger partial charge in [0.05, 0.1) is 0 Å². The van der Waals surface area contributed by atoms with Crippen LogP contribution in [0.15, 0.2) is 11.0 Å². The van der Waals surface area contributed by atoms with E-state index in [1.807, 2.05) is 0 Å². The Morgan fingerprint density at radius 3 is 2.84 bits per heavy atom. The molecule has 1 saturated heterocycles. The van der Waals surface area contributed by atoms with Crippen LogP contribution < -0.4 is 10.5 Å². The lowest BCUT2D eigenvalue weighted by atomic mass is 10.1. The first-order valence-electron chi connectivity index (χ1n) is 6.27. The Bertz CT molecular complexity index is 540. The van der Waals surface area contributed by atoms with Gasteiger partial charge in [-0.3, -0.25) is 4.79 Å². The number of hydrogen-bond donors (Lipinski definition) is 2. The van der Waals surface area contributed by atoms with Crippen LogP contribution in [0.5, 0.6) is 0 Å². The van der Waals surface area contributed by atoms with Crippen LogP contribution in [0.2, 0.25) is 0 Å². The summed E-state index contributed by atoms with van der Waals surface area (Å²) >= 11 is 0. The number of aromatic carboxylic acids is 1. The van der Waals surface area contributed by atoms with E-state index in [0.29, 0.717) is 19.6 Å². The first-order chi connectivity index (χ1) is 9.06. The molecule has 0 spiro atoms. The van der Waals surface area contributed by atoms with Crippen molar-refractivity contribution in [1.82, 2.24) is 9.55 Å². The van der Waals surface area contributed by atoms with Crippen LogP contribution in [0, 0.1) is 5.92 Å². The van der Waals surface area contributed by atoms with Crippen LogP contribution >= 0.6 is 0 Å². The van der Waals surface area contributed by atoms with Crippen LogP contribution in [0.1, 0.15) is 23.8 Å². The molecule has 7 nitrogen and oxygen atoms in total. The molecule has 0 unspecified atom stereocenters. The fraction of sp³-hybridized carbons (Fsp3) is 0.583. The molecule has 0 radical (unpaired) electrons. The topological polar surface area (TPSA) is 95.7 Å². The van der Waals surface area contributed by atoms with E-state index in [1.165, 1.54) is 10.8 Å². The summed E-state index contributed by atoms with van der Waals surface area (Å²) < 4.78 is 1.35. The average molecular weight is 267 g/mol. The smallest absolute Gasteiger partial charge is 0.356 e. The second-order valence-electron chi connectivity index (χ2n) is 4.63. The Morgan fingerprint density at radius 2 is 2.32 bits per heavy atom. The SMILES string of the molecule is CCn1cc(C(=O)O)nc(N2CC[C@@H](CO)C2)c1=O. The summed E-state index contributed by atoms with van der Waals surface area (Å²) in [6.07, 6.45) is 2.04. The second-order valence-corrected chi connectivity index (χ2v) is 4.63. The van der Waals surface area contributed by atoms with E-state index in [1.54, 1.807) is 11.8 Å². The quantitative estimate of drug-likeness (QED) is 0.783. The van der Waals surface area contributed by atoms with Crippen molar-refractivity contribution in [2.45, 2.75) is 19.9 Å². The molecule has 1 aromatic heterocycles. The first kappa shape index (κ1) is 13.5. The van der Waals surface area contributed by atoms with Crippen molar-refractivity contribution in [1.29, 1.82) is 0 Å². The van der Waals surface area contributed by atoms with Crippen molar-refractivity contribution >= 4 is 11.8 Å². The number of carbonyl (C=O) groups is 1. The molecular formula is C12H17N3O4. The number of carboxylic acid groups (broad SMARTS) is 1. The maximum atomic E-state index is 12.2. The van der Waals surface area contributed by atoms with E-state index in [9.17, 15) is 9.59 Å². The number of aryl methyl sites for hydroxylation is 1. The van der Waals surface area contributed by atoms with Crippen molar-refractivity contribution in [3.63, 3.8) is 0 Å². The van der Waals surface area contributed by atoms with Gasteiger partial charge in [0.2, 0.25) is 0 Å². The van der Waals surface area contributed by atoms with Gasteiger partial charge in [0.1, 0.15) is 0 Å². The molecule has 7 heteroatoms. The number of carboxylic acids is 1. The second kappa shape index (κ2) is 5.40. The maximum Gasteiger partial charge on any atom is 0.356 e. The Labute approximate surface area is 110 Å². The van der Waals surface area contributed by atoms with Crippen molar-refractivity contribution < 1.29 is 15.0 Å². The van der Waals surface area contributed by atoms with E-state index >= 15 is 0 Å². The highest BCUT2D eigenvalue weighted by molar-refractivity contribution is 5.85. The minimum Gasteiger partial charge on any atom is -0.476 e. The summed E-state index contributed by atoms with van der Waals surface area (Å²) in [4.78, 5) is 28.9. The van der Waals surface area contributed by atoms with E-state index in [2.05, 4.69) is 4.98 Å². The van der Waals surface area contributed by atoms with Crippen LogP contribution in [-0.4, -0.2) is 45.4 Å². The van der Waals surface area contributed by atoms with E-state index < -0.39 is 5.97 Å². The Hall–Kier alpha value is -1.89. The third-order valence-corrected chi connectivity index (χ3v) is 3.36. The van der Waals surface area contributed by atoms with Gasteiger partial charge in [-0.1, -0.05) is 0 Å². The molecule has 0 bridgehead atoms. The molecule has 0 aromatic carbocycles. The minimum absolute atomic E-state index is 0.0666. The molecule has 0 aliphatic carbocycles. The highest BCUT2D eigenvalue weighted by atomic mass is 16.4. The van der Waals surface area contributed by atoms with Gasteiger partial charge in [-0.2, -0.15) is 0 Å². The lowest BCUT2D eigenvalue weighted by Crippen LogP contribution is -2.33. The zero-order chi connectivity index (χ0) is 14.0. The summed E-state index contributed by atoms with van der Waals surface area (Å²) in [6, 6.07) is 0. The van der Waals surface area contributed by atoms with Gasteiger partial charge >= 0.3 is 5.97 Å². The molecule has 1 aliphatic rings. The van der Waals surface area contributed by atoms with Gasteiger partial charge in [0.15, 0.2) is 11.5 Å². The summed E-state index contributed by atoms with van der Waals surface area (Å²) in [6.45, 7) is 3.38. The summed E-state index contributed by atoms with van der Waals surface area (Å²) in [5.41, 5.74) is -0.421. The van der Waals surface area contributed by atoms with Gasteiger partial charge in [-0.15, -0.1) is 0 Å². The minimum atomic E-state index is -1.15. The molecule has 0 amide bonds. The Balaban J connectivity index is 2.42. The van der Waals surface area contributed by atoms with Crippen LogP contribution in [0.3, 0.4) is 0 Å². The lowest BCUT2D eigenvalue weighted by Gasteiger charge is -2.18. The fourth-order valence-electron chi connectivity index (χ4n) is 2.24. The molecule has 104 valence electrons. The van der Waals surface area contributed by atoms with Crippen molar-refractivity contribution in [3.8, 4) is 0 Å². The number of aromatic nitrogens is 2. The van der Waals surface area contributed by atoms with Crippen molar-refractivity contribution in [3.05, 3.63) is 22.2 Å². The van der Waals surface area contributed by atoms with Crippen LogP contribution in [0.4, 0.5) is 5.82 Å². The standard InChI is InChI=1S/C12H17N3O4/c1-2-14-6-9(12(18)19)13-10(11(14)17)15-4-3-8(5-15)7-16/h6,8,16H,2-5,7H2,1H3,(H,18,19)/t8-/m1/s1. The number of aliphatic hydroxyl groups is 1. The van der Waals surface area contributed by atoms with Gasteiger partial charge in [0.25, 0.3) is 5.56 Å². The molecule has 19 heavy (non-hydrogen) atoms. The maximum absolute atomic E-state index is 12.2. The van der Waals surface area contributed by atoms with Gasteiger partial charge in [0, 0.05) is 38.4 Å². The highest BCUT2D eigenvalue weighted by Gasteiger charge is 2.26. The largest absolute Gasteiger partial charge is 0.476 e. The van der Waals surface area contributed by atoms with Crippen LogP contribution in [-0.2, 0) is 6.54 Å². The number of rotatable bonds is 4. The summed E-state index contributed by atoms with van der Waals surface area (Å²) in [5, 5.41) is 18.1.